The fraction of sp³-hybridized carbons (Fsp3) is 0.500. The van der Waals surface area contributed by atoms with Gasteiger partial charge in [0, 0.05) is 6.54 Å². The molecule has 1 aromatic carbocycles. The number of nitrogens with zero attached hydrogens (tertiary/aromatic N) is 1. The first kappa shape index (κ1) is 14.6. The van der Waals surface area contributed by atoms with Crippen molar-refractivity contribution >= 4 is 11.8 Å². The van der Waals surface area contributed by atoms with Gasteiger partial charge >= 0.3 is 11.8 Å². The number of hydrogen-bond acceptors (Lipinski definition) is 2. The lowest BCUT2D eigenvalue weighted by Crippen LogP contribution is -2.46. The average Bonchev–Trinajstić information content (AvgIpc) is 2.41. The molecule has 0 saturated carbocycles. The number of benzene rings is 1. The Morgan fingerprint density at radius 3 is 2.50 bits per heavy atom. The molecule has 2 N–H and O–H groups in total. The van der Waals surface area contributed by atoms with Gasteiger partial charge in [-0.3, -0.25) is 9.59 Å². The van der Waals surface area contributed by atoms with Crippen LogP contribution in [-0.2, 0) is 9.59 Å². The van der Waals surface area contributed by atoms with Crippen LogP contribution in [0.3, 0.4) is 0 Å². The molecule has 1 heterocycles. The number of hydrogen-bond donors (Lipinski definition) is 1. The third kappa shape index (κ3) is 2.84. The van der Waals surface area contributed by atoms with Crippen molar-refractivity contribution in [2.24, 2.45) is 11.7 Å². The molecule has 2 amide bonds. The lowest BCUT2D eigenvalue weighted by atomic mass is 9.88. The van der Waals surface area contributed by atoms with Gasteiger partial charge in [0.1, 0.15) is 0 Å². The van der Waals surface area contributed by atoms with Crippen molar-refractivity contribution in [3.05, 3.63) is 34.9 Å². The Labute approximate surface area is 119 Å². The SMILES string of the molecule is Cc1ccc([C@H]2CC[C@H](C)CN2C(=O)C(N)=O)cc1C. The van der Waals surface area contributed by atoms with Gasteiger partial charge in [0.15, 0.2) is 0 Å². The zero-order chi connectivity index (χ0) is 14.9. The summed E-state index contributed by atoms with van der Waals surface area (Å²) in [5.74, 6) is -1.03. The second-order valence-corrected chi connectivity index (χ2v) is 5.86. The Hall–Kier alpha value is -1.84. The van der Waals surface area contributed by atoms with Gasteiger partial charge in [0.2, 0.25) is 0 Å². The van der Waals surface area contributed by atoms with Crippen LogP contribution in [0.2, 0.25) is 0 Å². The second-order valence-electron chi connectivity index (χ2n) is 5.86. The van der Waals surface area contributed by atoms with E-state index in [1.165, 1.54) is 11.1 Å². The third-order valence-electron chi connectivity index (χ3n) is 4.20. The van der Waals surface area contributed by atoms with E-state index in [9.17, 15) is 9.59 Å². The molecule has 0 unspecified atom stereocenters. The first-order valence-electron chi connectivity index (χ1n) is 7.07. The predicted octanol–water partition coefficient (Wildman–Crippen LogP) is 2.09. The summed E-state index contributed by atoms with van der Waals surface area (Å²) in [6.45, 7) is 6.82. The van der Waals surface area contributed by atoms with E-state index in [-0.39, 0.29) is 6.04 Å². The maximum Gasteiger partial charge on any atom is 0.312 e. The predicted molar refractivity (Wildman–Crippen MR) is 78.0 cm³/mol. The molecule has 0 radical (unpaired) electrons. The summed E-state index contributed by atoms with van der Waals surface area (Å²) < 4.78 is 0. The largest absolute Gasteiger partial charge is 0.361 e. The molecule has 0 aliphatic carbocycles. The van der Waals surface area contributed by atoms with Crippen molar-refractivity contribution in [3.63, 3.8) is 0 Å². The van der Waals surface area contributed by atoms with Gasteiger partial charge in [0.25, 0.3) is 0 Å². The van der Waals surface area contributed by atoms with Crippen LogP contribution in [0.25, 0.3) is 0 Å². The first-order valence-corrected chi connectivity index (χ1v) is 7.07. The lowest BCUT2D eigenvalue weighted by Gasteiger charge is -2.38. The Bertz CT molecular complexity index is 539. The molecular weight excluding hydrogens is 252 g/mol. The van der Waals surface area contributed by atoms with E-state index in [2.05, 4.69) is 32.9 Å². The summed E-state index contributed by atoms with van der Waals surface area (Å²) in [6, 6.07) is 6.18. The molecular formula is C16H22N2O2. The Kier molecular flexibility index (Phi) is 4.12. The minimum Gasteiger partial charge on any atom is -0.361 e. The van der Waals surface area contributed by atoms with Crippen LogP contribution in [0, 0.1) is 19.8 Å². The van der Waals surface area contributed by atoms with Gasteiger partial charge in [-0.15, -0.1) is 0 Å². The van der Waals surface area contributed by atoms with Gasteiger partial charge < -0.3 is 10.6 Å². The summed E-state index contributed by atoms with van der Waals surface area (Å²) >= 11 is 0. The number of amides is 2. The number of primary amides is 1. The van der Waals surface area contributed by atoms with E-state index >= 15 is 0 Å². The highest BCUT2D eigenvalue weighted by Gasteiger charge is 2.33. The molecule has 2 rings (SSSR count). The summed E-state index contributed by atoms with van der Waals surface area (Å²) in [7, 11) is 0. The number of carbonyl (C=O) groups is 2. The molecule has 20 heavy (non-hydrogen) atoms. The zero-order valence-electron chi connectivity index (χ0n) is 12.3. The summed E-state index contributed by atoms with van der Waals surface area (Å²) in [5.41, 5.74) is 8.70. The number of likely N-dealkylation sites (tertiary alicyclic amines) is 1. The third-order valence-corrected chi connectivity index (χ3v) is 4.20. The molecule has 4 heteroatoms. The van der Waals surface area contributed by atoms with Crippen LogP contribution < -0.4 is 5.73 Å². The van der Waals surface area contributed by atoms with Crippen molar-refractivity contribution in [2.75, 3.05) is 6.54 Å². The molecule has 0 aromatic heterocycles. The minimum atomic E-state index is -0.868. The topological polar surface area (TPSA) is 63.4 Å². The molecule has 1 saturated heterocycles. The Balaban J connectivity index is 2.33. The van der Waals surface area contributed by atoms with Crippen molar-refractivity contribution in [2.45, 2.75) is 39.7 Å². The lowest BCUT2D eigenvalue weighted by molar-refractivity contribution is -0.147. The van der Waals surface area contributed by atoms with E-state index in [0.717, 1.165) is 18.4 Å². The maximum absolute atomic E-state index is 12.0. The molecule has 1 fully saturated rings. The van der Waals surface area contributed by atoms with Crippen LogP contribution in [0.4, 0.5) is 0 Å². The highest BCUT2D eigenvalue weighted by molar-refractivity contribution is 6.34. The van der Waals surface area contributed by atoms with Crippen LogP contribution in [0.15, 0.2) is 18.2 Å². The molecule has 108 valence electrons. The fourth-order valence-electron chi connectivity index (χ4n) is 2.84. The highest BCUT2D eigenvalue weighted by atomic mass is 16.2. The maximum atomic E-state index is 12.0. The molecule has 1 aliphatic rings. The number of rotatable bonds is 1. The van der Waals surface area contributed by atoms with Crippen molar-refractivity contribution < 1.29 is 9.59 Å². The van der Waals surface area contributed by atoms with Crippen molar-refractivity contribution in [3.8, 4) is 0 Å². The van der Waals surface area contributed by atoms with E-state index < -0.39 is 11.8 Å². The van der Waals surface area contributed by atoms with Gasteiger partial charge in [-0.1, -0.05) is 25.1 Å². The smallest absolute Gasteiger partial charge is 0.312 e. The molecule has 1 aromatic rings. The quantitative estimate of drug-likeness (QED) is 0.797. The number of piperidine rings is 1. The standard InChI is InChI=1S/C16H22N2O2/c1-10-4-7-14(18(9-10)16(20)15(17)19)13-6-5-11(2)12(3)8-13/h5-6,8,10,14H,4,7,9H2,1-3H3,(H2,17,19)/t10-,14+/m0/s1. The number of carbonyl (C=O) groups excluding carboxylic acids is 2. The average molecular weight is 274 g/mol. The van der Waals surface area contributed by atoms with Crippen LogP contribution in [0.5, 0.6) is 0 Å². The normalized spacial score (nSPS) is 22.6. The van der Waals surface area contributed by atoms with Gasteiger partial charge in [-0.25, -0.2) is 0 Å². The molecule has 0 bridgehead atoms. The molecule has 1 aliphatic heterocycles. The highest BCUT2D eigenvalue weighted by Crippen LogP contribution is 2.34. The van der Waals surface area contributed by atoms with Gasteiger partial charge in [-0.05, 0) is 49.3 Å². The molecule has 4 nitrogen and oxygen atoms in total. The Morgan fingerprint density at radius 1 is 1.20 bits per heavy atom. The zero-order valence-corrected chi connectivity index (χ0v) is 12.3. The van der Waals surface area contributed by atoms with E-state index in [1.54, 1.807) is 4.90 Å². The summed E-state index contributed by atoms with van der Waals surface area (Å²) in [6.07, 6.45) is 1.93. The van der Waals surface area contributed by atoms with Crippen molar-refractivity contribution in [1.29, 1.82) is 0 Å². The van der Waals surface area contributed by atoms with Crippen LogP contribution in [0.1, 0.15) is 42.5 Å². The van der Waals surface area contributed by atoms with E-state index in [0.29, 0.717) is 12.5 Å². The van der Waals surface area contributed by atoms with Crippen molar-refractivity contribution in [1.82, 2.24) is 4.90 Å². The van der Waals surface area contributed by atoms with Crippen LogP contribution >= 0.6 is 0 Å². The van der Waals surface area contributed by atoms with Gasteiger partial charge in [-0.2, -0.15) is 0 Å². The minimum absolute atomic E-state index is 0.0366. The first-order chi connectivity index (χ1) is 9.40. The van der Waals surface area contributed by atoms with Crippen LogP contribution in [-0.4, -0.2) is 23.3 Å². The Morgan fingerprint density at radius 2 is 1.90 bits per heavy atom. The second kappa shape index (κ2) is 5.65. The summed E-state index contributed by atoms with van der Waals surface area (Å²) in [5, 5.41) is 0. The number of aryl methyl sites for hydroxylation is 2. The number of nitrogens with two attached hydrogens (primary N) is 1. The summed E-state index contributed by atoms with van der Waals surface area (Å²) in [4.78, 5) is 24.9. The monoisotopic (exact) mass is 274 g/mol. The molecule has 2 atom stereocenters. The van der Waals surface area contributed by atoms with Gasteiger partial charge in [0.05, 0.1) is 6.04 Å². The van der Waals surface area contributed by atoms with E-state index in [1.807, 2.05) is 6.07 Å². The van der Waals surface area contributed by atoms with E-state index in [4.69, 9.17) is 5.73 Å². The molecule has 0 spiro atoms. The fourth-order valence-corrected chi connectivity index (χ4v) is 2.84.